The zero-order chi connectivity index (χ0) is 11.4. The summed E-state index contributed by atoms with van der Waals surface area (Å²) in [6, 6.07) is 9.60. The largest absolute Gasteiger partial charge is 0.289 e. The number of carbonyl (C=O) groups is 1. The van der Waals surface area contributed by atoms with Crippen LogP contribution in [0.25, 0.3) is 6.08 Å². The van der Waals surface area contributed by atoms with Crippen LogP contribution < -0.4 is 0 Å². The van der Waals surface area contributed by atoms with Crippen LogP contribution in [-0.4, -0.2) is 5.78 Å². The average molecular weight is 228 g/mol. The second-order valence-electron chi connectivity index (χ2n) is 3.62. The summed E-state index contributed by atoms with van der Waals surface area (Å²) < 4.78 is 0. The fourth-order valence-corrected chi connectivity index (χ4v) is 1.98. The van der Waals surface area contributed by atoms with Crippen molar-refractivity contribution in [3.05, 3.63) is 63.9 Å². The second-order valence-corrected chi connectivity index (χ2v) is 4.40. The average Bonchev–Trinajstić information content (AvgIpc) is 2.80. The van der Waals surface area contributed by atoms with E-state index in [4.69, 9.17) is 0 Å². The van der Waals surface area contributed by atoms with Gasteiger partial charge in [0.1, 0.15) is 0 Å². The highest BCUT2D eigenvalue weighted by Crippen LogP contribution is 2.10. The number of hydrogen-bond acceptors (Lipinski definition) is 2. The summed E-state index contributed by atoms with van der Waals surface area (Å²) in [5, 5.41) is 4.01. The van der Waals surface area contributed by atoms with Gasteiger partial charge in [-0.25, -0.2) is 0 Å². The van der Waals surface area contributed by atoms with E-state index in [9.17, 15) is 4.79 Å². The minimum absolute atomic E-state index is 0.0474. The highest BCUT2D eigenvalue weighted by molar-refractivity contribution is 7.08. The molecule has 0 bridgehead atoms. The van der Waals surface area contributed by atoms with Crippen LogP contribution in [0.15, 0.2) is 47.2 Å². The van der Waals surface area contributed by atoms with Crippen LogP contribution in [0.1, 0.15) is 21.5 Å². The number of rotatable bonds is 3. The van der Waals surface area contributed by atoms with Crippen LogP contribution in [-0.2, 0) is 0 Å². The predicted octanol–water partition coefficient (Wildman–Crippen LogP) is 3.95. The van der Waals surface area contributed by atoms with Crippen LogP contribution in [0, 0.1) is 6.92 Å². The van der Waals surface area contributed by atoms with Crippen molar-refractivity contribution in [3.63, 3.8) is 0 Å². The zero-order valence-electron chi connectivity index (χ0n) is 9.01. The van der Waals surface area contributed by atoms with Gasteiger partial charge in [0.05, 0.1) is 0 Å². The standard InChI is InChI=1S/C14H12OS/c1-11-2-5-13(6-3-11)14(15)7-4-12-8-9-16-10-12/h2-10H,1H3/b7-4+. The Labute approximate surface area is 99.1 Å². The molecule has 0 fully saturated rings. The summed E-state index contributed by atoms with van der Waals surface area (Å²) in [7, 11) is 0. The number of benzene rings is 1. The number of allylic oxidation sites excluding steroid dienone is 1. The van der Waals surface area contributed by atoms with Gasteiger partial charge in [0.2, 0.25) is 0 Å². The summed E-state index contributed by atoms with van der Waals surface area (Å²) in [6.45, 7) is 2.01. The lowest BCUT2D eigenvalue weighted by Crippen LogP contribution is -1.93. The number of ketones is 1. The molecule has 0 unspecified atom stereocenters. The summed E-state index contributed by atoms with van der Waals surface area (Å²) >= 11 is 1.63. The molecule has 0 aliphatic heterocycles. The zero-order valence-corrected chi connectivity index (χ0v) is 9.83. The molecule has 0 aliphatic carbocycles. The molecular formula is C14H12OS. The molecule has 1 heterocycles. The Hall–Kier alpha value is -1.67. The third-order valence-electron chi connectivity index (χ3n) is 2.31. The third kappa shape index (κ3) is 2.67. The van der Waals surface area contributed by atoms with E-state index in [1.54, 1.807) is 17.4 Å². The lowest BCUT2D eigenvalue weighted by atomic mass is 10.1. The SMILES string of the molecule is Cc1ccc(C(=O)/C=C/c2ccsc2)cc1. The summed E-state index contributed by atoms with van der Waals surface area (Å²) in [6.07, 6.45) is 3.46. The Morgan fingerprint density at radius 3 is 2.56 bits per heavy atom. The topological polar surface area (TPSA) is 17.1 Å². The third-order valence-corrected chi connectivity index (χ3v) is 3.01. The monoisotopic (exact) mass is 228 g/mol. The first-order chi connectivity index (χ1) is 7.75. The maximum Gasteiger partial charge on any atom is 0.185 e. The van der Waals surface area contributed by atoms with Crippen molar-refractivity contribution in [3.8, 4) is 0 Å². The van der Waals surface area contributed by atoms with Crippen LogP contribution in [0.4, 0.5) is 0 Å². The van der Waals surface area contributed by atoms with E-state index in [0.29, 0.717) is 0 Å². The highest BCUT2D eigenvalue weighted by atomic mass is 32.1. The molecule has 2 rings (SSSR count). The van der Waals surface area contributed by atoms with Crippen LogP contribution in [0.2, 0.25) is 0 Å². The normalized spacial score (nSPS) is 10.8. The molecule has 80 valence electrons. The molecule has 1 nitrogen and oxygen atoms in total. The Kier molecular flexibility index (Phi) is 3.32. The molecule has 0 radical (unpaired) electrons. The fraction of sp³-hybridized carbons (Fsp3) is 0.0714. The van der Waals surface area contributed by atoms with Gasteiger partial charge in [-0.2, -0.15) is 11.3 Å². The fourth-order valence-electron chi connectivity index (χ4n) is 1.36. The van der Waals surface area contributed by atoms with Crippen molar-refractivity contribution in [1.29, 1.82) is 0 Å². The van der Waals surface area contributed by atoms with Gasteiger partial charge in [-0.1, -0.05) is 35.9 Å². The first-order valence-electron chi connectivity index (χ1n) is 5.07. The molecule has 2 aromatic rings. The first-order valence-corrected chi connectivity index (χ1v) is 6.01. The lowest BCUT2D eigenvalue weighted by Gasteiger charge is -1.96. The Morgan fingerprint density at radius 1 is 1.19 bits per heavy atom. The molecule has 1 aromatic heterocycles. The maximum absolute atomic E-state index is 11.8. The van der Waals surface area contributed by atoms with Gasteiger partial charge in [0, 0.05) is 5.56 Å². The first kappa shape index (κ1) is 10.8. The minimum atomic E-state index is 0.0474. The molecule has 0 amide bonds. The summed E-state index contributed by atoms with van der Waals surface area (Å²) in [5.41, 5.74) is 2.97. The quantitative estimate of drug-likeness (QED) is 0.574. The number of aryl methyl sites for hydroxylation is 1. The molecule has 16 heavy (non-hydrogen) atoms. The van der Waals surface area contributed by atoms with Crippen LogP contribution in [0.3, 0.4) is 0 Å². The maximum atomic E-state index is 11.8. The van der Waals surface area contributed by atoms with E-state index >= 15 is 0 Å². The Balaban J connectivity index is 2.11. The molecule has 1 aromatic carbocycles. The molecule has 0 atom stereocenters. The van der Waals surface area contributed by atoms with Crippen molar-refractivity contribution in [2.24, 2.45) is 0 Å². The predicted molar refractivity (Wildman–Crippen MR) is 68.9 cm³/mol. The van der Waals surface area contributed by atoms with Gasteiger partial charge in [0.25, 0.3) is 0 Å². The van der Waals surface area contributed by atoms with E-state index in [1.807, 2.05) is 54.1 Å². The molecule has 0 N–H and O–H groups in total. The number of hydrogen-bond donors (Lipinski definition) is 0. The van der Waals surface area contributed by atoms with Gasteiger partial charge in [0.15, 0.2) is 5.78 Å². The molecule has 0 saturated heterocycles. The summed E-state index contributed by atoms with van der Waals surface area (Å²) in [5.74, 6) is 0.0474. The van der Waals surface area contributed by atoms with Gasteiger partial charge in [-0.05, 0) is 35.4 Å². The van der Waals surface area contributed by atoms with E-state index in [-0.39, 0.29) is 5.78 Å². The van der Waals surface area contributed by atoms with Crippen molar-refractivity contribution in [1.82, 2.24) is 0 Å². The number of thiophene rings is 1. The van der Waals surface area contributed by atoms with Crippen molar-refractivity contribution in [2.45, 2.75) is 6.92 Å². The molecule has 0 spiro atoms. The van der Waals surface area contributed by atoms with Crippen molar-refractivity contribution >= 4 is 23.2 Å². The second kappa shape index (κ2) is 4.90. The van der Waals surface area contributed by atoms with E-state index < -0.39 is 0 Å². The molecular weight excluding hydrogens is 216 g/mol. The number of carbonyl (C=O) groups excluding carboxylic acids is 1. The van der Waals surface area contributed by atoms with E-state index in [2.05, 4.69) is 0 Å². The van der Waals surface area contributed by atoms with E-state index in [1.165, 1.54) is 5.56 Å². The lowest BCUT2D eigenvalue weighted by molar-refractivity contribution is 0.104. The molecule has 0 aliphatic rings. The van der Waals surface area contributed by atoms with Gasteiger partial charge < -0.3 is 0 Å². The van der Waals surface area contributed by atoms with Gasteiger partial charge >= 0.3 is 0 Å². The smallest absolute Gasteiger partial charge is 0.185 e. The van der Waals surface area contributed by atoms with Crippen LogP contribution >= 0.6 is 11.3 Å². The Bertz CT molecular complexity index is 492. The molecule has 0 saturated carbocycles. The van der Waals surface area contributed by atoms with E-state index in [0.717, 1.165) is 11.1 Å². The Morgan fingerprint density at radius 2 is 1.94 bits per heavy atom. The van der Waals surface area contributed by atoms with Crippen molar-refractivity contribution < 1.29 is 4.79 Å². The summed E-state index contributed by atoms with van der Waals surface area (Å²) in [4.78, 5) is 11.8. The molecule has 2 heteroatoms. The minimum Gasteiger partial charge on any atom is -0.289 e. The van der Waals surface area contributed by atoms with Gasteiger partial charge in [-0.15, -0.1) is 0 Å². The van der Waals surface area contributed by atoms with Crippen molar-refractivity contribution in [2.75, 3.05) is 0 Å². The highest BCUT2D eigenvalue weighted by Gasteiger charge is 2.00. The van der Waals surface area contributed by atoms with Gasteiger partial charge in [-0.3, -0.25) is 4.79 Å². The van der Waals surface area contributed by atoms with Crippen LogP contribution in [0.5, 0.6) is 0 Å².